The molecule has 6 aromatic carbocycles. The van der Waals surface area contributed by atoms with E-state index in [0.29, 0.717) is 0 Å². The summed E-state index contributed by atoms with van der Waals surface area (Å²) in [5.74, 6) is 0. The molecule has 188 valence electrons. The first-order chi connectivity index (χ1) is 19.3. The maximum absolute atomic E-state index is 3.50. The van der Waals surface area contributed by atoms with E-state index >= 15 is 0 Å². The number of nitrogens with one attached hydrogen (secondary N) is 2. The molecule has 0 spiro atoms. The van der Waals surface area contributed by atoms with E-state index in [0.717, 1.165) is 39.8 Å². The van der Waals surface area contributed by atoms with Crippen LogP contribution in [0.5, 0.6) is 0 Å². The maximum atomic E-state index is 3.50. The third-order valence-electron chi connectivity index (χ3n) is 6.61. The zero-order chi connectivity index (χ0) is 26.3. The van der Waals surface area contributed by atoms with E-state index in [2.05, 4.69) is 149 Å². The Hall–Kier alpha value is -5.28. The van der Waals surface area contributed by atoms with Gasteiger partial charge in [-0.15, -0.1) is 0 Å². The Morgan fingerprint density at radius 3 is 1.03 bits per heavy atom. The molecule has 0 saturated heterocycles. The SMILES string of the molecule is c1ccc(Nc2ccc(Nc3ccc(-c4ccc(N(c5ccccc5)c5ccccc5)cc4)cc3)cc2)cc1. The molecule has 0 aliphatic rings. The largest absolute Gasteiger partial charge is 0.356 e. The summed E-state index contributed by atoms with van der Waals surface area (Å²) in [7, 11) is 0. The van der Waals surface area contributed by atoms with Crippen LogP contribution in [-0.4, -0.2) is 0 Å². The van der Waals surface area contributed by atoms with Gasteiger partial charge in [-0.2, -0.15) is 0 Å². The quantitative estimate of drug-likeness (QED) is 0.216. The first-order valence-electron chi connectivity index (χ1n) is 13.1. The van der Waals surface area contributed by atoms with Gasteiger partial charge in [0.1, 0.15) is 0 Å². The zero-order valence-corrected chi connectivity index (χ0v) is 21.5. The highest BCUT2D eigenvalue weighted by Crippen LogP contribution is 2.35. The molecule has 0 heterocycles. The number of hydrogen-bond donors (Lipinski definition) is 2. The molecule has 0 radical (unpaired) electrons. The normalized spacial score (nSPS) is 10.6. The van der Waals surface area contributed by atoms with Crippen LogP contribution in [0.25, 0.3) is 11.1 Å². The van der Waals surface area contributed by atoms with Crippen molar-refractivity contribution in [3.05, 3.63) is 164 Å². The van der Waals surface area contributed by atoms with Crippen LogP contribution in [0.1, 0.15) is 0 Å². The van der Waals surface area contributed by atoms with Crippen LogP contribution in [0, 0.1) is 0 Å². The number of benzene rings is 6. The van der Waals surface area contributed by atoms with E-state index in [4.69, 9.17) is 0 Å². The summed E-state index contributed by atoms with van der Waals surface area (Å²) in [6.45, 7) is 0. The summed E-state index contributed by atoms with van der Waals surface area (Å²) in [5.41, 5.74) is 10.00. The second-order valence-corrected chi connectivity index (χ2v) is 9.32. The second kappa shape index (κ2) is 11.4. The molecule has 0 saturated carbocycles. The minimum Gasteiger partial charge on any atom is -0.356 e. The minimum atomic E-state index is 1.05. The Morgan fingerprint density at radius 1 is 0.282 bits per heavy atom. The van der Waals surface area contributed by atoms with Gasteiger partial charge in [-0.3, -0.25) is 0 Å². The molecule has 0 bridgehead atoms. The molecule has 0 amide bonds. The molecule has 0 unspecified atom stereocenters. The summed E-state index contributed by atoms with van der Waals surface area (Å²) in [5, 5.41) is 6.92. The molecular formula is C36H29N3. The third kappa shape index (κ3) is 5.84. The fraction of sp³-hybridized carbons (Fsp3) is 0. The fourth-order valence-electron chi connectivity index (χ4n) is 4.64. The van der Waals surface area contributed by atoms with Crippen LogP contribution in [0.2, 0.25) is 0 Å². The van der Waals surface area contributed by atoms with E-state index in [9.17, 15) is 0 Å². The predicted octanol–water partition coefficient (Wildman–Crippen LogP) is 10.3. The maximum Gasteiger partial charge on any atom is 0.0462 e. The number of hydrogen-bond acceptors (Lipinski definition) is 3. The molecule has 0 aromatic heterocycles. The molecule has 3 nitrogen and oxygen atoms in total. The Labute approximate surface area is 230 Å². The van der Waals surface area contributed by atoms with Crippen molar-refractivity contribution in [2.75, 3.05) is 15.5 Å². The van der Waals surface area contributed by atoms with E-state index in [1.54, 1.807) is 0 Å². The summed E-state index contributed by atoms with van der Waals surface area (Å²) in [6, 6.07) is 56.8. The third-order valence-corrected chi connectivity index (χ3v) is 6.61. The van der Waals surface area contributed by atoms with E-state index < -0.39 is 0 Å². The monoisotopic (exact) mass is 503 g/mol. The summed E-state index contributed by atoms with van der Waals surface area (Å²) < 4.78 is 0. The van der Waals surface area contributed by atoms with Crippen molar-refractivity contribution in [1.82, 2.24) is 0 Å². The van der Waals surface area contributed by atoms with Crippen molar-refractivity contribution in [2.24, 2.45) is 0 Å². The second-order valence-electron chi connectivity index (χ2n) is 9.32. The molecule has 0 fully saturated rings. The minimum absolute atomic E-state index is 1.05. The van der Waals surface area contributed by atoms with Gasteiger partial charge < -0.3 is 15.5 Å². The van der Waals surface area contributed by atoms with Crippen LogP contribution < -0.4 is 15.5 Å². The number of rotatable bonds is 8. The highest BCUT2D eigenvalue weighted by molar-refractivity contribution is 5.78. The molecule has 0 aliphatic carbocycles. The number of anilines is 7. The fourth-order valence-corrected chi connectivity index (χ4v) is 4.64. The van der Waals surface area contributed by atoms with Gasteiger partial charge in [0.2, 0.25) is 0 Å². The Balaban J connectivity index is 1.15. The first-order valence-corrected chi connectivity index (χ1v) is 13.1. The lowest BCUT2D eigenvalue weighted by atomic mass is 10.0. The molecule has 3 heteroatoms. The van der Waals surface area contributed by atoms with Gasteiger partial charge in [0.05, 0.1) is 0 Å². The zero-order valence-electron chi connectivity index (χ0n) is 21.5. The van der Waals surface area contributed by atoms with Gasteiger partial charge in [-0.25, -0.2) is 0 Å². The van der Waals surface area contributed by atoms with Crippen LogP contribution in [-0.2, 0) is 0 Å². The molecular weight excluding hydrogens is 474 g/mol. The van der Waals surface area contributed by atoms with Gasteiger partial charge in [0.25, 0.3) is 0 Å². The lowest BCUT2D eigenvalue weighted by Crippen LogP contribution is -2.09. The average Bonchev–Trinajstić information content (AvgIpc) is 3.01. The summed E-state index contributed by atoms with van der Waals surface area (Å²) in [4.78, 5) is 2.28. The van der Waals surface area contributed by atoms with Gasteiger partial charge in [-0.1, -0.05) is 78.9 Å². The molecule has 39 heavy (non-hydrogen) atoms. The highest BCUT2D eigenvalue weighted by atomic mass is 15.1. The van der Waals surface area contributed by atoms with Crippen LogP contribution in [0.3, 0.4) is 0 Å². The lowest BCUT2D eigenvalue weighted by molar-refractivity contribution is 1.28. The Morgan fingerprint density at radius 2 is 0.590 bits per heavy atom. The van der Waals surface area contributed by atoms with Crippen molar-refractivity contribution < 1.29 is 0 Å². The van der Waals surface area contributed by atoms with Crippen molar-refractivity contribution in [1.29, 1.82) is 0 Å². The standard InChI is InChI=1S/C36H29N3/c1-4-10-30(11-5-1)37-32-22-24-33(25-23-32)38-31-20-16-28(17-21-31)29-18-26-36(27-19-29)39(34-12-6-2-7-13-34)35-14-8-3-9-15-35/h1-27,37-38H. The number of para-hydroxylation sites is 3. The van der Waals surface area contributed by atoms with E-state index in [-0.39, 0.29) is 0 Å². The summed E-state index contributed by atoms with van der Waals surface area (Å²) in [6.07, 6.45) is 0. The predicted molar refractivity (Wildman–Crippen MR) is 166 cm³/mol. The van der Waals surface area contributed by atoms with Crippen LogP contribution in [0.4, 0.5) is 39.8 Å². The molecule has 0 atom stereocenters. The number of nitrogens with zero attached hydrogens (tertiary/aromatic N) is 1. The van der Waals surface area contributed by atoms with Crippen molar-refractivity contribution >= 4 is 39.8 Å². The lowest BCUT2D eigenvalue weighted by Gasteiger charge is -2.25. The summed E-state index contributed by atoms with van der Waals surface area (Å²) >= 11 is 0. The van der Waals surface area contributed by atoms with Crippen molar-refractivity contribution in [3.63, 3.8) is 0 Å². The molecule has 6 aromatic rings. The van der Waals surface area contributed by atoms with Gasteiger partial charge in [0, 0.05) is 39.8 Å². The van der Waals surface area contributed by atoms with Crippen molar-refractivity contribution in [2.45, 2.75) is 0 Å². The van der Waals surface area contributed by atoms with Crippen molar-refractivity contribution in [3.8, 4) is 11.1 Å². The smallest absolute Gasteiger partial charge is 0.0462 e. The average molecular weight is 504 g/mol. The molecule has 2 N–H and O–H groups in total. The van der Waals surface area contributed by atoms with Crippen LogP contribution >= 0.6 is 0 Å². The van der Waals surface area contributed by atoms with E-state index in [1.165, 1.54) is 11.1 Å². The molecule has 6 rings (SSSR count). The Bertz CT molecular complexity index is 1560. The Kier molecular flexibility index (Phi) is 7.04. The topological polar surface area (TPSA) is 27.3 Å². The van der Waals surface area contributed by atoms with Gasteiger partial charge in [-0.05, 0) is 96.1 Å². The molecule has 0 aliphatic heterocycles. The van der Waals surface area contributed by atoms with Crippen LogP contribution in [0.15, 0.2) is 164 Å². The highest BCUT2D eigenvalue weighted by Gasteiger charge is 2.12. The first kappa shape index (κ1) is 24.1. The van der Waals surface area contributed by atoms with Gasteiger partial charge >= 0.3 is 0 Å². The van der Waals surface area contributed by atoms with E-state index in [1.807, 2.05) is 30.3 Å². The van der Waals surface area contributed by atoms with Gasteiger partial charge in [0.15, 0.2) is 0 Å².